The average molecular weight is 373 g/mol. The van der Waals surface area contributed by atoms with Crippen molar-refractivity contribution in [3.63, 3.8) is 0 Å². The van der Waals surface area contributed by atoms with Crippen LogP contribution in [0.2, 0.25) is 18.1 Å². The second kappa shape index (κ2) is 6.08. The Kier molecular flexibility index (Phi) is 4.54. The molecule has 1 aliphatic heterocycles. The molecule has 1 heterocycles. The minimum atomic E-state index is -2.10. The Morgan fingerprint density at radius 3 is 2.23 bits per heavy atom. The number of hydrogen-bond donors (Lipinski definition) is 0. The molecule has 0 N–H and O–H groups in total. The molecule has 4 heteroatoms. The van der Waals surface area contributed by atoms with Gasteiger partial charge in [0.1, 0.15) is 5.75 Å². The molecule has 0 fully saturated rings. The monoisotopic (exact) mass is 372 g/mol. The first kappa shape index (κ1) is 19.4. The van der Waals surface area contributed by atoms with E-state index in [2.05, 4.69) is 64.2 Å². The van der Waals surface area contributed by atoms with E-state index < -0.39 is 14.3 Å². The van der Waals surface area contributed by atoms with Gasteiger partial charge < -0.3 is 13.9 Å². The summed E-state index contributed by atoms with van der Waals surface area (Å²) in [6.45, 7) is 17.3. The highest BCUT2D eigenvalue weighted by Crippen LogP contribution is 2.47. The molecule has 1 aliphatic rings. The fourth-order valence-electron chi connectivity index (χ4n) is 3.12. The third kappa shape index (κ3) is 3.68. The van der Waals surface area contributed by atoms with Gasteiger partial charge in [-0.15, -0.1) is 0 Å². The molecule has 0 saturated heterocycles. The summed E-state index contributed by atoms with van der Waals surface area (Å²) in [6, 6.07) is 12.6. The SMILES string of the molecule is CC(C)(C)OC1(O[Si](C)(C)C(C)(C)C)Cc2ccc3ccccc3c2O1. The number of benzene rings is 2. The number of hydrogen-bond acceptors (Lipinski definition) is 3. The Hall–Kier alpha value is -1.36. The van der Waals surface area contributed by atoms with Crippen molar-refractivity contribution in [3.05, 3.63) is 42.0 Å². The predicted molar refractivity (Wildman–Crippen MR) is 110 cm³/mol. The summed E-state index contributed by atoms with van der Waals surface area (Å²) in [6.07, 6.45) is 0.608. The van der Waals surface area contributed by atoms with E-state index in [1.165, 1.54) is 5.39 Å². The van der Waals surface area contributed by atoms with Crippen LogP contribution in [0.15, 0.2) is 36.4 Å². The smallest absolute Gasteiger partial charge is 0.322 e. The zero-order chi connectivity index (χ0) is 19.4. The van der Waals surface area contributed by atoms with Crippen LogP contribution < -0.4 is 4.74 Å². The first-order valence-electron chi connectivity index (χ1n) is 9.42. The molecule has 0 amide bonds. The average Bonchev–Trinajstić information content (AvgIpc) is 2.81. The highest BCUT2D eigenvalue weighted by Gasteiger charge is 2.52. The van der Waals surface area contributed by atoms with Crippen molar-refractivity contribution < 1.29 is 13.9 Å². The Balaban J connectivity index is 2.05. The molecule has 26 heavy (non-hydrogen) atoms. The summed E-state index contributed by atoms with van der Waals surface area (Å²) < 4.78 is 19.7. The molecule has 2 aromatic rings. The van der Waals surface area contributed by atoms with Gasteiger partial charge in [-0.2, -0.15) is 0 Å². The van der Waals surface area contributed by atoms with E-state index in [1.807, 2.05) is 26.8 Å². The molecule has 0 aliphatic carbocycles. The first-order chi connectivity index (χ1) is 11.8. The van der Waals surface area contributed by atoms with Gasteiger partial charge in [0, 0.05) is 10.9 Å². The standard InChI is InChI=1S/C22H32O3Si/c1-20(2,3)24-22(25-26(7,8)21(4,5)6)15-17-14-13-16-11-9-10-12-18(16)19(17)23-22/h9-14H,15H2,1-8H3. The van der Waals surface area contributed by atoms with Crippen LogP contribution in [0.25, 0.3) is 10.8 Å². The van der Waals surface area contributed by atoms with Gasteiger partial charge in [0.05, 0.1) is 12.0 Å². The maximum Gasteiger partial charge on any atom is 0.322 e. The quantitative estimate of drug-likeness (QED) is 0.470. The molecule has 0 spiro atoms. The van der Waals surface area contributed by atoms with Crippen LogP contribution in [0.3, 0.4) is 0 Å². The van der Waals surface area contributed by atoms with Crippen molar-refractivity contribution in [2.75, 3.05) is 0 Å². The molecule has 2 aromatic carbocycles. The third-order valence-corrected chi connectivity index (χ3v) is 9.74. The Morgan fingerprint density at radius 2 is 1.62 bits per heavy atom. The van der Waals surface area contributed by atoms with Crippen LogP contribution >= 0.6 is 0 Å². The molecule has 0 aromatic heterocycles. The van der Waals surface area contributed by atoms with Gasteiger partial charge in [0.15, 0.2) is 0 Å². The minimum absolute atomic E-state index is 0.0709. The molecular formula is C22H32O3Si. The summed E-state index contributed by atoms with van der Waals surface area (Å²) >= 11 is 0. The van der Waals surface area contributed by atoms with Gasteiger partial charge in [0.25, 0.3) is 0 Å². The Labute approximate surface area is 158 Å². The molecule has 3 rings (SSSR count). The fraction of sp³-hybridized carbons (Fsp3) is 0.545. The van der Waals surface area contributed by atoms with Crippen LogP contribution in [0, 0.1) is 0 Å². The highest BCUT2D eigenvalue weighted by molar-refractivity contribution is 6.74. The lowest BCUT2D eigenvalue weighted by Crippen LogP contribution is -2.55. The zero-order valence-corrected chi connectivity index (χ0v) is 18.4. The minimum Gasteiger partial charge on any atom is -0.438 e. The molecule has 0 radical (unpaired) electrons. The topological polar surface area (TPSA) is 27.7 Å². The summed E-state index contributed by atoms with van der Waals surface area (Å²) in [5.74, 6) is -0.167. The lowest BCUT2D eigenvalue weighted by atomic mass is 10.0. The zero-order valence-electron chi connectivity index (χ0n) is 17.4. The van der Waals surface area contributed by atoms with Crippen LogP contribution in [-0.2, 0) is 15.6 Å². The van der Waals surface area contributed by atoms with E-state index in [0.717, 1.165) is 16.7 Å². The molecule has 3 nitrogen and oxygen atoms in total. The van der Waals surface area contributed by atoms with Crippen LogP contribution in [0.1, 0.15) is 47.1 Å². The van der Waals surface area contributed by atoms with Gasteiger partial charge in [0.2, 0.25) is 8.32 Å². The summed E-state index contributed by atoms with van der Waals surface area (Å²) in [7, 11) is -2.10. The summed E-state index contributed by atoms with van der Waals surface area (Å²) in [4.78, 5) is 0. The van der Waals surface area contributed by atoms with Gasteiger partial charge in [-0.25, -0.2) is 0 Å². The Bertz CT molecular complexity index is 814. The molecule has 1 unspecified atom stereocenters. The van der Waals surface area contributed by atoms with Crippen LogP contribution in [0.5, 0.6) is 5.75 Å². The Morgan fingerprint density at radius 1 is 0.962 bits per heavy atom. The van der Waals surface area contributed by atoms with E-state index in [9.17, 15) is 0 Å². The lowest BCUT2D eigenvalue weighted by Gasteiger charge is -2.44. The number of rotatable bonds is 3. The molecule has 0 saturated carbocycles. The second-order valence-electron chi connectivity index (χ2n) is 9.81. The highest BCUT2D eigenvalue weighted by atomic mass is 28.4. The van der Waals surface area contributed by atoms with Gasteiger partial charge >= 0.3 is 5.97 Å². The normalized spacial score (nSPS) is 20.9. The van der Waals surface area contributed by atoms with E-state index in [1.54, 1.807) is 0 Å². The molecule has 0 bridgehead atoms. The van der Waals surface area contributed by atoms with Gasteiger partial charge in [-0.3, -0.25) is 0 Å². The van der Waals surface area contributed by atoms with E-state index >= 15 is 0 Å². The predicted octanol–water partition coefficient (Wildman–Crippen LogP) is 6.27. The van der Waals surface area contributed by atoms with E-state index in [0.29, 0.717) is 6.42 Å². The van der Waals surface area contributed by atoms with Crippen molar-refractivity contribution in [1.82, 2.24) is 0 Å². The second-order valence-corrected chi connectivity index (χ2v) is 14.5. The van der Waals surface area contributed by atoms with Crippen molar-refractivity contribution in [2.24, 2.45) is 0 Å². The fourth-order valence-corrected chi connectivity index (χ4v) is 4.35. The summed E-state index contributed by atoms with van der Waals surface area (Å²) in [5, 5.41) is 2.36. The first-order valence-corrected chi connectivity index (χ1v) is 12.3. The molecule has 1 atom stereocenters. The van der Waals surface area contributed by atoms with Crippen LogP contribution in [0.4, 0.5) is 0 Å². The largest absolute Gasteiger partial charge is 0.438 e. The van der Waals surface area contributed by atoms with E-state index in [4.69, 9.17) is 13.9 Å². The lowest BCUT2D eigenvalue weighted by molar-refractivity contribution is -0.332. The van der Waals surface area contributed by atoms with Gasteiger partial charge in [-0.1, -0.05) is 57.2 Å². The van der Waals surface area contributed by atoms with Gasteiger partial charge in [-0.05, 0) is 44.3 Å². The van der Waals surface area contributed by atoms with Crippen LogP contribution in [-0.4, -0.2) is 19.9 Å². The van der Waals surface area contributed by atoms with E-state index in [-0.39, 0.29) is 10.6 Å². The van der Waals surface area contributed by atoms with Crippen molar-refractivity contribution in [1.29, 1.82) is 0 Å². The third-order valence-electron chi connectivity index (χ3n) is 5.30. The summed E-state index contributed by atoms with van der Waals surface area (Å²) in [5.41, 5.74) is 0.770. The molecule has 142 valence electrons. The number of fused-ring (bicyclic) bond motifs is 3. The maximum atomic E-state index is 6.75. The van der Waals surface area contributed by atoms with Crippen molar-refractivity contribution >= 4 is 19.1 Å². The molecular weight excluding hydrogens is 340 g/mol. The van der Waals surface area contributed by atoms with Crippen molar-refractivity contribution in [2.45, 2.75) is 77.7 Å². The van der Waals surface area contributed by atoms with Crippen molar-refractivity contribution in [3.8, 4) is 5.75 Å². The maximum absolute atomic E-state index is 6.75. The number of ether oxygens (including phenoxy) is 2.